The number of carbonyl (C=O) groups is 1. The zero-order valence-corrected chi connectivity index (χ0v) is 13.2. The van der Waals surface area contributed by atoms with Crippen molar-refractivity contribution in [1.29, 1.82) is 0 Å². The van der Waals surface area contributed by atoms with Gasteiger partial charge in [0.25, 0.3) is 5.69 Å². The van der Waals surface area contributed by atoms with Crippen LogP contribution in [0.1, 0.15) is 24.0 Å². The molecule has 1 aliphatic carbocycles. The molecule has 1 fully saturated rings. The van der Waals surface area contributed by atoms with Gasteiger partial charge in [-0.2, -0.15) is 0 Å². The summed E-state index contributed by atoms with van der Waals surface area (Å²) in [5.41, 5.74) is 1.52. The molecule has 0 saturated heterocycles. The summed E-state index contributed by atoms with van der Waals surface area (Å²) < 4.78 is 0. The van der Waals surface area contributed by atoms with Gasteiger partial charge in [0.1, 0.15) is 0 Å². The summed E-state index contributed by atoms with van der Waals surface area (Å²) in [7, 11) is 0. The van der Waals surface area contributed by atoms with Crippen molar-refractivity contribution in [3.63, 3.8) is 0 Å². The summed E-state index contributed by atoms with van der Waals surface area (Å²) in [6, 6.07) is 16.5. The number of nitrogens with zero attached hydrogens (tertiary/aromatic N) is 2. The second-order valence-electron chi connectivity index (χ2n) is 5.83. The van der Waals surface area contributed by atoms with Gasteiger partial charge in [0, 0.05) is 24.7 Å². The highest BCUT2D eigenvalue weighted by atomic mass is 16.6. The van der Waals surface area contributed by atoms with E-state index in [0.29, 0.717) is 12.1 Å². The van der Waals surface area contributed by atoms with Crippen LogP contribution in [0.2, 0.25) is 0 Å². The van der Waals surface area contributed by atoms with Gasteiger partial charge in [-0.25, -0.2) is 0 Å². The molecular formula is C19H18N2O3. The van der Waals surface area contributed by atoms with Gasteiger partial charge in [-0.3, -0.25) is 14.9 Å². The molecule has 1 aliphatic rings. The summed E-state index contributed by atoms with van der Waals surface area (Å²) in [4.78, 5) is 25.0. The number of nitro groups is 1. The Bertz CT molecular complexity index is 767. The van der Waals surface area contributed by atoms with Crippen LogP contribution in [0.25, 0.3) is 6.08 Å². The predicted molar refractivity (Wildman–Crippen MR) is 92.1 cm³/mol. The molecule has 0 N–H and O–H groups in total. The highest BCUT2D eigenvalue weighted by Crippen LogP contribution is 2.29. The summed E-state index contributed by atoms with van der Waals surface area (Å²) in [5, 5.41) is 11.0. The quantitative estimate of drug-likeness (QED) is 0.461. The van der Waals surface area contributed by atoms with Crippen molar-refractivity contribution in [3.8, 4) is 0 Å². The Labute approximate surface area is 140 Å². The first kappa shape index (κ1) is 15.9. The van der Waals surface area contributed by atoms with E-state index in [2.05, 4.69) is 0 Å². The Morgan fingerprint density at radius 1 is 1.12 bits per heavy atom. The Balaban J connectivity index is 1.76. The Morgan fingerprint density at radius 2 is 1.79 bits per heavy atom. The van der Waals surface area contributed by atoms with Gasteiger partial charge in [0.15, 0.2) is 0 Å². The van der Waals surface area contributed by atoms with Crippen LogP contribution in [0, 0.1) is 10.1 Å². The first-order chi connectivity index (χ1) is 11.6. The molecule has 24 heavy (non-hydrogen) atoms. The van der Waals surface area contributed by atoms with Gasteiger partial charge in [-0.15, -0.1) is 0 Å². The van der Waals surface area contributed by atoms with E-state index in [0.717, 1.165) is 18.4 Å². The topological polar surface area (TPSA) is 63.4 Å². The lowest BCUT2D eigenvalue weighted by Gasteiger charge is -2.21. The lowest BCUT2D eigenvalue weighted by molar-refractivity contribution is -0.385. The second kappa shape index (κ2) is 7.08. The fraction of sp³-hybridized carbons (Fsp3) is 0.211. The average Bonchev–Trinajstić information content (AvgIpc) is 3.43. The van der Waals surface area contributed by atoms with Crippen LogP contribution in [0.3, 0.4) is 0 Å². The number of amides is 1. The van der Waals surface area contributed by atoms with Crippen LogP contribution in [0.4, 0.5) is 5.69 Å². The van der Waals surface area contributed by atoms with Gasteiger partial charge in [0.2, 0.25) is 5.91 Å². The van der Waals surface area contributed by atoms with Crippen molar-refractivity contribution in [1.82, 2.24) is 4.90 Å². The third-order valence-corrected chi connectivity index (χ3v) is 4.01. The van der Waals surface area contributed by atoms with Crippen molar-refractivity contribution in [2.45, 2.75) is 25.4 Å². The predicted octanol–water partition coefficient (Wildman–Crippen LogP) is 3.80. The number of hydrogen-bond acceptors (Lipinski definition) is 3. The molecule has 0 aromatic heterocycles. The molecular weight excluding hydrogens is 304 g/mol. The van der Waals surface area contributed by atoms with Gasteiger partial charge in [-0.05, 0) is 30.5 Å². The van der Waals surface area contributed by atoms with E-state index in [-0.39, 0.29) is 17.6 Å². The van der Waals surface area contributed by atoms with Crippen molar-refractivity contribution in [3.05, 3.63) is 81.9 Å². The van der Waals surface area contributed by atoms with E-state index >= 15 is 0 Å². The first-order valence-electron chi connectivity index (χ1n) is 7.91. The molecule has 0 atom stereocenters. The van der Waals surface area contributed by atoms with E-state index < -0.39 is 4.92 Å². The molecule has 5 heteroatoms. The Morgan fingerprint density at radius 3 is 2.46 bits per heavy atom. The minimum absolute atomic E-state index is 0.00239. The average molecular weight is 322 g/mol. The number of para-hydroxylation sites is 1. The van der Waals surface area contributed by atoms with Crippen LogP contribution in [-0.4, -0.2) is 21.8 Å². The van der Waals surface area contributed by atoms with E-state index in [1.165, 1.54) is 18.2 Å². The molecule has 0 spiro atoms. The van der Waals surface area contributed by atoms with E-state index in [1.807, 2.05) is 35.2 Å². The molecule has 1 saturated carbocycles. The monoisotopic (exact) mass is 322 g/mol. The van der Waals surface area contributed by atoms with Crippen LogP contribution in [-0.2, 0) is 11.3 Å². The SMILES string of the molecule is O=C(C=Cc1ccccc1[N+](=O)[O-])N(Cc1ccccc1)C1CC1. The minimum atomic E-state index is -0.438. The van der Waals surface area contributed by atoms with E-state index in [4.69, 9.17) is 0 Å². The maximum atomic E-state index is 12.6. The maximum Gasteiger partial charge on any atom is 0.276 e. The van der Waals surface area contributed by atoms with Crippen LogP contribution in [0.15, 0.2) is 60.7 Å². The second-order valence-corrected chi connectivity index (χ2v) is 5.83. The number of carbonyl (C=O) groups excluding carboxylic acids is 1. The van der Waals surface area contributed by atoms with Crippen molar-refractivity contribution in [2.24, 2.45) is 0 Å². The van der Waals surface area contributed by atoms with E-state index in [1.54, 1.807) is 18.2 Å². The van der Waals surface area contributed by atoms with Crippen molar-refractivity contribution in [2.75, 3.05) is 0 Å². The highest BCUT2D eigenvalue weighted by Gasteiger charge is 2.31. The first-order valence-corrected chi connectivity index (χ1v) is 7.91. The van der Waals surface area contributed by atoms with Gasteiger partial charge < -0.3 is 4.90 Å². The summed E-state index contributed by atoms with van der Waals surface area (Å²) in [5.74, 6) is -0.112. The Kier molecular flexibility index (Phi) is 4.70. The molecule has 2 aromatic rings. The van der Waals surface area contributed by atoms with Gasteiger partial charge in [0.05, 0.1) is 10.5 Å². The van der Waals surface area contributed by atoms with Gasteiger partial charge in [-0.1, -0.05) is 42.5 Å². The maximum absolute atomic E-state index is 12.6. The summed E-state index contributed by atoms with van der Waals surface area (Å²) in [6.45, 7) is 0.561. The summed E-state index contributed by atoms with van der Waals surface area (Å²) >= 11 is 0. The third-order valence-electron chi connectivity index (χ3n) is 4.01. The van der Waals surface area contributed by atoms with Crippen LogP contribution in [0.5, 0.6) is 0 Å². The fourth-order valence-electron chi connectivity index (χ4n) is 2.60. The van der Waals surface area contributed by atoms with Crippen molar-refractivity contribution < 1.29 is 9.72 Å². The molecule has 0 aliphatic heterocycles. The number of hydrogen-bond donors (Lipinski definition) is 0. The number of rotatable bonds is 6. The van der Waals surface area contributed by atoms with Crippen molar-refractivity contribution >= 4 is 17.7 Å². The fourth-order valence-corrected chi connectivity index (χ4v) is 2.60. The largest absolute Gasteiger partial charge is 0.332 e. The third kappa shape index (κ3) is 3.87. The minimum Gasteiger partial charge on any atom is -0.332 e. The molecule has 0 bridgehead atoms. The molecule has 0 radical (unpaired) electrons. The zero-order valence-electron chi connectivity index (χ0n) is 13.2. The molecule has 2 aromatic carbocycles. The summed E-state index contributed by atoms with van der Waals surface area (Å²) in [6.07, 6.45) is 4.99. The van der Waals surface area contributed by atoms with Crippen LogP contribution >= 0.6 is 0 Å². The molecule has 0 unspecified atom stereocenters. The molecule has 122 valence electrons. The molecule has 5 nitrogen and oxygen atoms in total. The van der Waals surface area contributed by atoms with E-state index in [9.17, 15) is 14.9 Å². The standard InChI is InChI=1S/C19H18N2O3/c22-19(13-10-16-8-4-5-9-18(16)21(23)24)20(17-11-12-17)14-15-6-2-1-3-7-15/h1-10,13,17H,11-12,14H2. The van der Waals surface area contributed by atoms with Gasteiger partial charge >= 0.3 is 0 Å². The smallest absolute Gasteiger partial charge is 0.276 e. The molecule has 0 heterocycles. The normalized spacial score (nSPS) is 13.8. The number of benzene rings is 2. The molecule has 1 amide bonds. The highest BCUT2D eigenvalue weighted by molar-refractivity contribution is 5.92. The van der Waals surface area contributed by atoms with Crippen LogP contribution < -0.4 is 0 Å². The zero-order chi connectivity index (χ0) is 16.9. The Hall–Kier alpha value is -2.95. The number of nitro benzene ring substituents is 1. The molecule has 3 rings (SSSR count). The lowest BCUT2D eigenvalue weighted by atomic mass is 10.1. The lowest BCUT2D eigenvalue weighted by Crippen LogP contribution is -2.31.